The topological polar surface area (TPSA) is 66.5 Å². The number of carbonyl (C=O) groups excluding carboxylic acids is 1. The summed E-state index contributed by atoms with van der Waals surface area (Å²) in [5, 5.41) is 2.87. The van der Waals surface area contributed by atoms with Crippen molar-refractivity contribution in [3.63, 3.8) is 0 Å². The van der Waals surface area contributed by atoms with Crippen molar-refractivity contribution < 1.29 is 13.2 Å². The van der Waals surface area contributed by atoms with Gasteiger partial charge in [0, 0.05) is 5.69 Å². The van der Waals surface area contributed by atoms with Crippen LogP contribution in [0.15, 0.2) is 42.5 Å². The fraction of sp³-hybridized carbons (Fsp3) is 0.409. The molecule has 1 N–H and O–H groups in total. The van der Waals surface area contributed by atoms with Crippen LogP contribution in [0.1, 0.15) is 49.8 Å². The molecule has 5 nitrogen and oxygen atoms in total. The fourth-order valence-corrected chi connectivity index (χ4v) is 4.51. The highest BCUT2D eigenvalue weighted by atomic mass is 32.2. The molecule has 28 heavy (non-hydrogen) atoms. The van der Waals surface area contributed by atoms with E-state index in [1.807, 2.05) is 51.1 Å². The maximum Gasteiger partial charge on any atom is 0.248 e. The molecule has 6 heteroatoms. The van der Waals surface area contributed by atoms with Crippen molar-refractivity contribution in [3.8, 4) is 0 Å². The molecule has 0 saturated heterocycles. The Morgan fingerprint density at radius 1 is 1.04 bits per heavy atom. The summed E-state index contributed by atoms with van der Waals surface area (Å²) in [6.45, 7) is 9.85. The highest BCUT2D eigenvalue weighted by Crippen LogP contribution is 2.26. The van der Waals surface area contributed by atoms with E-state index < -0.39 is 16.1 Å². The van der Waals surface area contributed by atoms with Crippen LogP contribution in [0, 0.1) is 13.8 Å². The molecule has 2 rings (SSSR count). The second kappa shape index (κ2) is 8.78. The first-order valence-electron chi connectivity index (χ1n) is 9.51. The van der Waals surface area contributed by atoms with Crippen LogP contribution in [0.3, 0.4) is 0 Å². The van der Waals surface area contributed by atoms with E-state index in [1.54, 1.807) is 12.1 Å². The molecule has 2 aromatic rings. The minimum Gasteiger partial charge on any atom is -0.324 e. The third kappa shape index (κ3) is 5.35. The maximum absolute atomic E-state index is 13.0. The number of rotatable bonds is 7. The standard InChI is InChI=1S/C22H30N2O3S/c1-7-21(22(25)23-19-10-8-18(9-11-19)15(2)3)24(28(6,26)27)20-13-16(4)12-17(5)14-20/h8-15,21H,7H2,1-6H3,(H,23,25)/t21-/m1/s1. The molecule has 1 amide bonds. The van der Waals surface area contributed by atoms with Gasteiger partial charge in [0.15, 0.2) is 0 Å². The third-order valence-corrected chi connectivity index (χ3v) is 5.82. The Morgan fingerprint density at radius 2 is 1.57 bits per heavy atom. The van der Waals surface area contributed by atoms with Gasteiger partial charge in [0.25, 0.3) is 0 Å². The number of nitrogens with one attached hydrogen (secondary N) is 1. The normalized spacial score (nSPS) is 12.7. The van der Waals surface area contributed by atoms with Gasteiger partial charge in [0.05, 0.1) is 11.9 Å². The van der Waals surface area contributed by atoms with Gasteiger partial charge >= 0.3 is 0 Å². The van der Waals surface area contributed by atoms with Crippen LogP contribution in [-0.4, -0.2) is 26.6 Å². The van der Waals surface area contributed by atoms with Crippen LogP contribution >= 0.6 is 0 Å². The second-order valence-corrected chi connectivity index (χ2v) is 9.45. The fourth-order valence-electron chi connectivity index (χ4n) is 3.32. The van der Waals surface area contributed by atoms with Crippen LogP contribution in [0.5, 0.6) is 0 Å². The van der Waals surface area contributed by atoms with Crippen molar-refractivity contribution in [1.29, 1.82) is 0 Å². The van der Waals surface area contributed by atoms with Crippen molar-refractivity contribution in [3.05, 3.63) is 59.2 Å². The summed E-state index contributed by atoms with van der Waals surface area (Å²) in [5.41, 5.74) is 4.24. The smallest absolute Gasteiger partial charge is 0.248 e. The predicted molar refractivity (Wildman–Crippen MR) is 116 cm³/mol. The van der Waals surface area contributed by atoms with E-state index >= 15 is 0 Å². The van der Waals surface area contributed by atoms with Crippen molar-refractivity contribution in [2.45, 2.75) is 53.0 Å². The number of anilines is 2. The predicted octanol–water partition coefficient (Wildman–Crippen LogP) is 4.61. The minimum atomic E-state index is -3.65. The molecular weight excluding hydrogens is 372 g/mol. The summed E-state index contributed by atoms with van der Waals surface area (Å²) in [7, 11) is -3.65. The molecule has 0 saturated carbocycles. The first-order valence-corrected chi connectivity index (χ1v) is 11.4. The van der Waals surface area contributed by atoms with Gasteiger partial charge in [-0.1, -0.05) is 39.0 Å². The molecule has 0 fully saturated rings. The van der Waals surface area contributed by atoms with E-state index in [9.17, 15) is 13.2 Å². The van der Waals surface area contributed by atoms with Crippen LogP contribution in [0.4, 0.5) is 11.4 Å². The summed E-state index contributed by atoms with van der Waals surface area (Å²) in [5.74, 6) is 0.0582. The number of carbonyl (C=O) groups is 1. The number of sulfonamides is 1. The van der Waals surface area contributed by atoms with Crippen molar-refractivity contribution in [2.75, 3.05) is 15.9 Å². The van der Waals surface area contributed by atoms with Crippen molar-refractivity contribution in [2.24, 2.45) is 0 Å². The molecule has 0 aliphatic rings. The largest absolute Gasteiger partial charge is 0.324 e. The molecule has 0 heterocycles. The molecule has 0 unspecified atom stereocenters. The third-order valence-electron chi connectivity index (χ3n) is 4.64. The summed E-state index contributed by atoms with van der Waals surface area (Å²) < 4.78 is 26.4. The van der Waals surface area contributed by atoms with Gasteiger partial charge in [0.2, 0.25) is 15.9 Å². The number of nitrogens with zero attached hydrogens (tertiary/aromatic N) is 1. The van der Waals surface area contributed by atoms with Gasteiger partial charge in [-0.2, -0.15) is 0 Å². The molecule has 1 atom stereocenters. The quantitative estimate of drug-likeness (QED) is 0.735. The summed E-state index contributed by atoms with van der Waals surface area (Å²) in [6.07, 6.45) is 1.49. The van der Waals surface area contributed by atoms with Crippen LogP contribution < -0.4 is 9.62 Å². The van der Waals surface area contributed by atoms with Gasteiger partial charge in [-0.25, -0.2) is 8.42 Å². The maximum atomic E-state index is 13.0. The lowest BCUT2D eigenvalue weighted by Crippen LogP contribution is -2.47. The van der Waals surface area contributed by atoms with E-state index in [0.29, 0.717) is 23.7 Å². The van der Waals surface area contributed by atoms with Crippen LogP contribution in [0.25, 0.3) is 0 Å². The van der Waals surface area contributed by atoms with Gasteiger partial charge in [-0.05, 0) is 67.1 Å². The van der Waals surface area contributed by atoms with Gasteiger partial charge in [-0.15, -0.1) is 0 Å². The number of aryl methyl sites for hydroxylation is 2. The van der Waals surface area contributed by atoms with E-state index in [4.69, 9.17) is 0 Å². The first-order chi connectivity index (χ1) is 13.0. The molecule has 0 aromatic heterocycles. The zero-order chi connectivity index (χ0) is 21.1. The van der Waals surface area contributed by atoms with E-state index in [1.165, 1.54) is 9.87 Å². The number of hydrogen-bond acceptors (Lipinski definition) is 3. The first kappa shape index (κ1) is 22.0. The number of hydrogen-bond donors (Lipinski definition) is 1. The average molecular weight is 403 g/mol. The molecule has 0 spiro atoms. The Kier molecular flexibility index (Phi) is 6.88. The highest BCUT2D eigenvalue weighted by molar-refractivity contribution is 7.92. The zero-order valence-electron chi connectivity index (χ0n) is 17.5. The van der Waals surface area contributed by atoms with Crippen molar-refractivity contribution >= 4 is 27.3 Å². The van der Waals surface area contributed by atoms with Crippen LogP contribution in [0.2, 0.25) is 0 Å². The lowest BCUT2D eigenvalue weighted by atomic mass is 10.0. The molecular formula is C22H30N2O3S. The SMILES string of the molecule is CC[C@H](C(=O)Nc1ccc(C(C)C)cc1)N(c1cc(C)cc(C)c1)S(C)(=O)=O. The Morgan fingerprint density at radius 3 is 2.00 bits per heavy atom. The monoisotopic (exact) mass is 402 g/mol. The molecule has 0 aliphatic carbocycles. The van der Waals surface area contributed by atoms with Crippen molar-refractivity contribution in [1.82, 2.24) is 0 Å². The van der Waals surface area contributed by atoms with Crippen LogP contribution in [-0.2, 0) is 14.8 Å². The molecule has 0 bridgehead atoms. The van der Waals surface area contributed by atoms with E-state index in [2.05, 4.69) is 19.2 Å². The average Bonchev–Trinajstić information content (AvgIpc) is 2.57. The Balaban J connectivity index is 2.36. The lowest BCUT2D eigenvalue weighted by Gasteiger charge is -2.30. The summed E-state index contributed by atoms with van der Waals surface area (Å²) >= 11 is 0. The lowest BCUT2D eigenvalue weighted by molar-refractivity contribution is -0.117. The Hall–Kier alpha value is -2.34. The Labute approximate surface area is 168 Å². The van der Waals surface area contributed by atoms with Gasteiger partial charge in [0.1, 0.15) is 6.04 Å². The number of amides is 1. The number of benzene rings is 2. The van der Waals surface area contributed by atoms with E-state index in [-0.39, 0.29) is 5.91 Å². The van der Waals surface area contributed by atoms with Gasteiger partial charge in [-0.3, -0.25) is 9.10 Å². The molecule has 152 valence electrons. The molecule has 0 aliphatic heterocycles. The summed E-state index contributed by atoms with van der Waals surface area (Å²) in [4.78, 5) is 13.0. The summed E-state index contributed by atoms with van der Waals surface area (Å²) in [6, 6.07) is 12.4. The van der Waals surface area contributed by atoms with Gasteiger partial charge < -0.3 is 5.32 Å². The van der Waals surface area contributed by atoms with E-state index in [0.717, 1.165) is 17.4 Å². The zero-order valence-corrected chi connectivity index (χ0v) is 18.3. The second-order valence-electron chi connectivity index (χ2n) is 7.59. The highest BCUT2D eigenvalue weighted by Gasteiger charge is 2.31. The molecule has 0 radical (unpaired) electrons. The molecule has 2 aromatic carbocycles. The minimum absolute atomic E-state index is 0.343. The Bertz CT molecular complexity index is 915.